The van der Waals surface area contributed by atoms with Gasteiger partial charge in [0.2, 0.25) is 0 Å². The predicted octanol–water partition coefficient (Wildman–Crippen LogP) is 11.9. The Morgan fingerprint density at radius 3 is 2.15 bits per heavy atom. The van der Waals surface area contributed by atoms with Crippen LogP contribution in [0.4, 0.5) is 0 Å². The molecule has 1 N–H and O–H groups in total. The summed E-state index contributed by atoms with van der Waals surface area (Å²) in [5, 5.41) is 13.8. The molecule has 5 rings (SSSR count). The summed E-state index contributed by atoms with van der Waals surface area (Å²) < 4.78 is 1.20. The first kappa shape index (κ1) is 38.3. The van der Waals surface area contributed by atoms with Crippen molar-refractivity contribution in [3.05, 3.63) is 96.7 Å². The van der Waals surface area contributed by atoms with Crippen LogP contribution < -0.4 is 0 Å². The van der Waals surface area contributed by atoms with E-state index in [1.165, 1.54) is 37.6 Å². The maximum Gasteiger partial charge on any atom is 0.164 e. The summed E-state index contributed by atoms with van der Waals surface area (Å²) in [6.45, 7) is 18.9. The van der Waals surface area contributed by atoms with E-state index in [9.17, 15) is 9.90 Å². The number of hydrogen-bond donors (Lipinski definition) is 1. The standard InChI is InChI=1S/C26H21N2S.C15H28O2.Ir/c1-26(2,3)22-13-20(12-17-6-4-5-7-21(17)22)23-14-18(9-11-28-23)24-15-19-8-10-27-16-25(19)29-24;1-7-14(5,8-2)12(16)11-13(17)15(6,9-3)10-4;/h4-11,13-16H,1-3H3;11,16H,7-10H2,1-6H3;/q-1;;/b;12-11-;. The molecule has 0 saturated carbocycles. The molecule has 3 heterocycles. The number of rotatable bonds is 9. The fourth-order valence-corrected chi connectivity index (χ4v) is 6.46. The molecule has 251 valence electrons. The van der Waals surface area contributed by atoms with Crippen LogP contribution >= 0.6 is 11.3 Å². The second-order valence-corrected chi connectivity index (χ2v) is 14.9. The van der Waals surface area contributed by atoms with Crippen molar-refractivity contribution in [3.63, 3.8) is 0 Å². The summed E-state index contributed by atoms with van der Waals surface area (Å²) >= 11 is 1.76. The second-order valence-electron chi connectivity index (χ2n) is 13.8. The Kier molecular flexibility index (Phi) is 12.9. The molecular weight excluding hydrogens is 777 g/mol. The number of hydrogen-bond acceptors (Lipinski definition) is 5. The van der Waals surface area contributed by atoms with E-state index in [2.05, 4.69) is 91.4 Å². The topological polar surface area (TPSA) is 63.1 Å². The van der Waals surface area contributed by atoms with Gasteiger partial charge in [-0.3, -0.25) is 14.8 Å². The van der Waals surface area contributed by atoms with Crippen molar-refractivity contribution in [1.29, 1.82) is 0 Å². The van der Waals surface area contributed by atoms with Crippen LogP contribution in [0.3, 0.4) is 0 Å². The van der Waals surface area contributed by atoms with E-state index in [0.29, 0.717) is 0 Å². The molecule has 0 fully saturated rings. The van der Waals surface area contributed by atoms with Crippen molar-refractivity contribution < 1.29 is 30.0 Å². The third-order valence-electron chi connectivity index (χ3n) is 9.83. The van der Waals surface area contributed by atoms with Crippen LogP contribution in [-0.4, -0.2) is 20.9 Å². The van der Waals surface area contributed by atoms with Gasteiger partial charge in [-0.2, -0.15) is 0 Å². The van der Waals surface area contributed by atoms with Crippen molar-refractivity contribution in [2.24, 2.45) is 10.8 Å². The first-order valence-corrected chi connectivity index (χ1v) is 17.3. The molecule has 0 unspecified atom stereocenters. The van der Waals surface area contributed by atoms with Gasteiger partial charge in [-0.25, -0.2) is 0 Å². The summed E-state index contributed by atoms with van der Waals surface area (Å²) in [6, 6.07) is 22.9. The largest absolute Gasteiger partial charge is 0.512 e. The van der Waals surface area contributed by atoms with Crippen molar-refractivity contribution in [3.8, 4) is 21.7 Å². The predicted molar refractivity (Wildman–Crippen MR) is 196 cm³/mol. The Labute approximate surface area is 299 Å². The van der Waals surface area contributed by atoms with E-state index in [-0.39, 0.29) is 47.9 Å². The molecule has 1 radical (unpaired) electrons. The maximum atomic E-state index is 12.2. The van der Waals surface area contributed by atoms with E-state index >= 15 is 0 Å². The van der Waals surface area contributed by atoms with Crippen molar-refractivity contribution in [1.82, 2.24) is 9.97 Å². The molecule has 0 bridgehead atoms. The molecule has 5 aromatic rings. The normalized spacial score (nSPS) is 12.4. The minimum atomic E-state index is -0.337. The Balaban J connectivity index is 0.000000290. The summed E-state index contributed by atoms with van der Waals surface area (Å²) in [5.41, 5.74) is 3.93. The first-order chi connectivity index (χ1) is 21.8. The average Bonchev–Trinajstić information content (AvgIpc) is 3.51. The molecule has 3 aromatic heterocycles. The number of aromatic nitrogens is 2. The van der Waals surface area contributed by atoms with Gasteiger partial charge in [-0.1, -0.05) is 97.5 Å². The number of nitrogens with zero attached hydrogens (tertiary/aromatic N) is 2. The van der Waals surface area contributed by atoms with Gasteiger partial charge >= 0.3 is 0 Å². The molecule has 6 heteroatoms. The number of benzene rings is 2. The second kappa shape index (κ2) is 15.8. The van der Waals surface area contributed by atoms with Crippen LogP contribution in [0.25, 0.3) is 42.6 Å². The molecule has 0 aliphatic carbocycles. The quantitative estimate of drug-likeness (QED) is 0.0913. The molecule has 47 heavy (non-hydrogen) atoms. The van der Waals surface area contributed by atoms with Crippen LogP contribution in [0.1, 0.15) is 93.6 Å². The molecule has 2 aromatic carbocycles. The monoisotopic (exact) mass is 826 g/mol. The zero-order valence-electron chi connectivity index (χ0n) is 29.3. The number of pyridine rings is 2. The van der Waals surface area contributed by atoms with E-state index in [0.717, 1.165) is 42.3 Å². The fourth-order valence-electron chi connectivity index (χ4n) is 5.43. The third kappa shape index (κ3) is 8.65. The number of carbonyl (C=O) groups excluding carboxylic acids is 1. The van der Waals surface area contributed by atoms with E-state index in [1.807, 2.05) is 60.1 Å². The SMILES string of the molecule is CC(C)(C)c1cc(-c2cc(-c3cc4ccncc4s3)ccn2)[c-]c2ccccc12.CCC(C)(CC)C(=O)/C=C(\O)C(C)(CC)CC.[Ir]. The van der Waals surface area contributed by atoms with Gasteiger partial charge in [0.25, 0.3) is 0 Å². The van der Waals surface area contributed by atoms with Crippen molar-refractivity contribution in [2.45, 2.75) is 93.4 Å². The summed E-state index contributed by atoms with van der Waals surface area (Å²) in [7, 11) is 0. The molecule has 0 atom stereocenters. The smallest absolute Gasteiger partial charge is 0.164 e. The fraction of sp³-hybridized carbons (Fsp3) is 0.390. The minimum absolute atomic E-state index is 0. The number of aliphatic hydroxyl groups is 1. The number of allylic oxidation sites excluding steroid dienone is 2. The molecule has 0 aliphatic heterocycles. The van der Waals surface area contributed by atoms with Gasteiger partial charge in [0.05, 0.1) is 4.70 Å². The average molecular weight is 826 g/mol. The number of thiophene rings is 1. The Bertz CT molecular complexity index is 1810. The molecule has 4 nitrogen and oxygen atoms in total. The molecule has 0 aliphatic rings. The minimum Gasteiger partial charge on any atom is -0.512 e. The van der Waals surface area contributed by atoms with Gasteiger partial charge in [0, 0.05) is 66.2 Å². The maximum absolute atomic E-state index is 12.2. The Hall–Kier alpha value is -3.18. The van der Waals surface area contributed by atoms with Crippen LogP contribution in [0.15, 0.2) is 85.0 Å². The van der Waals surface area contributed by atoms with Crippen LogP contribution in [0.2, 0.25) is 0 Å². The van der Waals surface area contributed by atoms with Crippen molar-refractivity contribution >= 4 is 38.0 Å². The molecule has 0 spiro atoms. The van der Waals surface area contributed by atoms with Gasteiger partial charge < -0.3 is 5.11 Å². The van der Waals surface area contributed by atoms with Crippen LogP contribution in [0.5, 0.6) is 0 Å². The van der Waals surface area contributed by atoms with Gasteiger partial charge in [-0.15, -0.1) is 40.5 Å². The number of carbonyl (C=O) groups is 1. The summed E-state index contributed by atoms with van der Waals surface area (Å²) in [6.07, 6.45) is 10.4. The number of aliphatic hydroxyl groups excluding tert-OH is 1. The number of ketones is 1. The molecule has 0 amide bonds. The third-order valence-corrected chi connectivity index (χ3v) is 11.0. The van der Waals surface area contributed by atoms with Gasteiger partial charge in [-0.05, 0) is 60.2 Å². The van der Waals surface area contributed by atoms with Crippen LogP contribution in [-0.2, 0) is 30.3 Å². The van der Waals surface area contributed by atoms with Crippen LogP contribution in [0, 0.1) is 16.9 Å². The van der Waals surface area contributed by atoms with E-state index in [1.54, 1.807) is 11.3 Å². The van der Waals surface area contributed by atoms with Gasteiger partial charge in [0.1, 0.15) is 5.76 Å². The summed E-state index contributed by atoms with van der Waals surface area (Å²) in [5.74, 6) is 0.286. The Morgan fingerprint density at radius 1 is 0.872 bits per heavy atom. The Morgan fingerprint density at radius 2 is 1.53 bits per heavy atom. The van der Waals surface area contributed by atoms with E-state index < -0.39 is 0 Å². The molecule has 0 saturated heterocycles. The first-order valence-electron chi connectivity index (χ1n) is 16.5. The van der Waals surface area contributed by atoms with Gasteiger partial charge in [0.15, 0.2) is 5.78 Å². The number of fused-ring (bicyclic) bond motifs is 2. The van der Waals surface area contributed by atoms with E-state index in [4.69, 9.17) is 0 Å². The van der Waals surface area contributed by atoms with Crippen molar-refractivity contribution in [2.75, 3.05) is 0 Å². The molecular formula is C41H49IrN2O2S-. The summed E-state index contributed by atoms with van der Waals surface area (Å²) in [4.78, 5) is 22.3. The zero-order chi connectivity index (χ0) is 33.7. The zero-order valence-corrected chi connectivity index (χ0v) is 32.5.